The third-order valence-electron chi connectivity index (χ3n) is 3.92. The van der Waals surface area contributed by atoms with E-state index in [2.05, 4.69) is 0 Å². The molecule has 0 spiro atoms. The SMILES string of the molecule is CC(CN)C(=O)N1CCN(C(=O)Cc2ccccc2)CC1. The highest BCUT2D eigenvalue weighted by atomic mass is 16.2. The first-order valence-corrected chi connectivity index (χ1v) is 7.42. The topological polar surface area (TPSA) is 66.6 Å². The molecule has 1 aromatic carbocycles. The van der Waals surface area contributed by atoms with E-state index in [-0.39, 0.29) is 17.7 Å². The Morgan fingerprint density at radius 3 is 2.24 bits per heavy atom. The molecular formula is C16H23N3O2. The molecule has 21 heavy (non-hydrogen) atoms. The third-order valence-corrected chi connectivity index (χ3v) is 3.92. The molecule has 1 aromatic rings. The molecule has 2 N–H and O–H groups in total. The van der Waals surface area contributed by atoms with E-state index in [1.54, 1.807) is 0 Å². The molecule has 0 saturated carbocycles. The number of carbonyl (C=O) groups excluding carboxylic acids is 2. The number of amides is 2. The van der Waals surface area contributed by atoms with Gasteiger partial charge in [0, 0.05) is 38.6 Å². The molecule has 1 aliphatic rings. The smallest absolute Gasteiger partial charge is 0.227 e. The fourth-order valence-corrected chi connectivity index (χ4v) is 2.47. The summed E-state index contributed by atoms with van der Waals surface area (Å²) >= 11 is 0. The second-order valence-electron chi connectivity index (χ2n) is 5.51. The monoisotopic (exact) mass is 289 g/mol. The Labute approximate surface area is 125 Å². The van der Waals surface area contributed by atoms with Crippen molar-refractivity contribution in [2.24, 2.45) is 11.7 Å². The summed E-state index contributed by atoms with van der Waals surface area (Å²) in [6, 6.07) is 9.74. The first-order valence-electron chi connectivity index (χ1n) is 7.42. The Bertz CT molecular complexity index is 482. The van der Waals surface area contributed by atoms with E-state index in [4.69, 9.17) is 5.73 Å². The minimum Gasteiger partial charge on any atom is -0.339 e. The first kappa shape index (κ1) is 15.5. The van der Waals surface area contributed by atoms with Crippen molar-refractivity contribution >= 4 is 11.8 Å². The number of hydrogen-bond acceptors (Lipinski definition) is 3. The number of hydrogen-bond donors (Lipinski definition) is 1. The van der Waals surface area contributed by atoms with Crippen LogP contribution in [0.15, 0.2) is 30.3 Å². The average Bonchev–Trinajstić information content (AvgIpc) is 2.54. The standard InChI is InChI=1S/C16H23N3O2/c1-13(12-17)16(21)19-9-7-18(8-10-19)15(20)11-14-5-3-2-4-6-14/h2-6,13H,7-12,17H2,1H3. The Hall–Kier alpha value is -1.88. The number of nitrogens with two attached hydrogens (primary N) is 1. The maximum absolute atomic E-state index is 12.2. The van der Waals surface area contributed by atoms with E-state index in [1.165, 1.54) is 0 Å². The Morgan fingerprint density at radius 2 is 1.67 bits per heavy atom. The van der Waals surface area contributed by atoms with E-state index in [1.807, 2.05) is 47.1 Å². The van der Waals surface area contributed by atoms with Crippen molar-refractivity contribution in [2.45, 2.75) is 13.3 Å². The minimum atomic E-state index is -0.142. The summed E-state index contributed by atoms with van der Waals surface area (Å²) in [5.41, 5.74) is 6.55. The van der Waals surface area contributed by atoms with Crippen LogP contribution in [0.5, 0.6) is 0 Å². The molecule has 0 aliphatic carbocycles. The highest BCUT2D eigenvalue weighted by molar-refractivity contribution is 5.81. The Morgan fingerprint density at radius 1 is 1.10 bits per heavy atom. The van der Waals surface area contributed by atoms with Crippen molar-refractivity contribution in [2.75, 3.05) is 32.7 Å². The zero-order valence-corrected chi connectivity index (χ0v) is 12.5. The van der Waals surface area contributed by atoms with Crippen LogP contribution >= 0.6 is 0 Å². The van der Waals surface area contributed by atoms with E-state index in [0.29, 0.717) is 39.1 Å². The van der Waals surface area contributed by atoms with Crippen LogP contribution in [0.4, 0.5) is 0 Å². The Balaban J connectivity index is 1.83. The molecule has 1 saturated heterocycles. The molecule has 2 rings (SSSR count). The van der Waals surface area contributed by atoms with Gasteiger partial charge in [0.25, 0.3) is 0 Å². The van der Waals surface area contributed by atoms with Crippen LogP contribution < -0.4 is 5.73 Å². The molecule has 5 heteroatoms. The quantitative estimate of drug-likeness (QED) is 0.877. The summed E-state index contributed by atoms with van der Waals surface area (Å²) in [6.45, 7) is 4.62. The van der Waals surface area contributed by atoms with Crippen LogP contribution in [-0.4, -0.2) is 54.3 Å². The molecule has 114 valence electrons. The van der Waals surface area contributed by atoms with Gasteiger partial charge in [-0.05, 0) is 5.56 Å². The molecule has 1 fully saturated rings. The second-order valence-corrected chi connectivity index (χ2v) is 5.51. The average molecular weight is 289 g/mol. The minimum absolute atomic E-state index is 0.0904. The number of carbonyl (C=O) groups is 2. The van der Waals surface area contributed by atoms with Gasteiger partial charge in [0.1, 0.15) is 0 Å². The molecule has 0 bridgehead atoms. The van der Waals surface area contributed by atoms with Crippen LogP contribution in [0.3, 0.4) is 0 Å². The van der Waals surface area contributed by atoms with Gasteiger partial charge in [0.2, 0.25) is 11.8 Å². The predicted octanol–water partition coefficient (Wildman–Crippen LogP) is 0.495. The lowest BCUT2D eigenvalue weighted by Crippen LogP contribution is -2.52. The summed E-state index contributed by atoms with van der Waals surface area (Å²) in [4.78, 5) is 27.9. The van der Waals surface area contributed by atoms with Crippen molar-refractivity contribution in [1.29, 1.82) is 0 Å². The molecule has 1 unspecified atom stereocenters. The molecule has 0 radical (unpaired) electrons. The van der Waals surface area contributed by atoms with Gasteiger partial charge in [-0.25, -0.2) is 0 Å². The van der Waals surface area contributed by atoms with Crippen LogP contribution in [0, 0.1) is 5.92 Å². The molecule has 0 aromatic heterocycles. The van der Waals surface area contributed by atoms with Crippen molar-refractivity contribution in [1.82, 2.24) is 9.80 Å². The van der Waals surface area contributed by atoms with E-state index < -0.39 is 0 Å². The van der Waals surface area contributed by atoms with Crippen LogP contribution in [0.1, 0.15) is 12.5 Å². The molecule has 2 amide bonds. The lowest BCUT2D eigenvalue weighted by molar-refractivity contribution is -0.141. The molecule has 1 atom stereocenters. The van der Waals surface area contributed by atoms with Crippen molar-refractivity contribution in [3.8, 4) is 0 Å². The molecule has 1 heterocycles. The predicted molar refractivity (Wildman–Crippen MR) is 81.5 cm³/mol. The maximum Gasteiger partial charge on any atom is 0.227 e. The molecule has 1 aliphatic heterocycles. The lowest BCUT2D eigenvalue weighted by Gasteiger charge is -2.36. The molecular weight excluding hydrogens is 266 g/mol. The van der Waals surface area contributed by atoms with E-state index in [9.17, 15) is 9.59 Å². The van der Waals surface area contributed by atoms with E-state index >= 15 is 0 Å². The van der Waals surface area contributed by atoms with Crippen molar-refractivity contribution < 1.29 is 9.59 Å². The summed E-state index contributed by atoms with van der Waals surface area (Å²) in [6.07, 6.45) is 0.425. The molecule has 5 nitrogen and oxygen atoms in total. The number of piperazine rings is 1. The Kier molecular flexibility index (Phi) is 5.33. The first-order chi connectivity index (χ1) is 10.1. The van der Waals surface area contributed by atoms with Crippen molar-refractivity contribution in [3.63, 3.8) is 0 Å². The number of benzene rings is 1. The third kappa shape index (κ3) is 4.04. The largest absolute Gasteiger partial charge is 0.339 e. The summed E-state index contributed by atoms with van der Waals surface area (Å²) in [5, 5.41) is 0. The van der Waals surface area contributed by atoms with Gasteiger partial charge in [-0.3, -0.25) is 9.59 Å². The van der Waals surface area contributed by atoms with Gasteiger partial charge >= 0.3 is 0 Å². The zero-order chi connectivity index (χ0) is 15.2. The van der Waals surface area contributed by atoms with Crippen LogP contribution in [-0.2, 0) is 16.0 Å². The number of nitrogens with zero attached hydrogens (tertiary/aromatic N) is 2. The van der Waals surface area contributed by atoms with Crippen LogP contribution in [0.25, 0.3) is 0 Å². The highest BCUT2D eigenvalue weighted by Crippen LogP contribution is 2.09. The number of rotatable bonds is 4. The summed E-state index contributed by atoms with van der Waals surface area (Å²) in [7, 11) is 0. The van der Waals surface area contributed by atoms with Gasteiger partial charge < -0.3 is 15.5 Å². The van der Waals surface area contributed by atoms with Gasteiger partial charge in [-0.15, -0.1) is 0 Å². The van der Waals surface area contributed by atoms with Crippen molar-refractivity contribution in [3.05, 3.63) is 35.9 Å². The van der Waals surface area contributed by atoms with Gasteiger partial charge in [-0.2, -0.15) is 0 Å². The van der Waals surface area contributed by atoms with Crippen LogP contribution in [0.2, 0.25) is 0 Å². The van der Waals surface area contributed by atoms with Gasteiger partial charge in [0.05, 0.1) is 6.42 Å². The fourth-order valence-electron chi connectivity index (χ4n) is 2.47. The summed E-state index contributed by atoms with van der Waals surface area (Å²) in [5.74, 6) is 0.0735. The summed E-state index contributed by atoms with van der Waals surface area (Å²) < 4.78 is 0. The fraction of sp³-hybridized carbons (Fsp3) is 0.500. The van der Waals surface area contributed by atoms with Gasteiger partial charge in [0.15, 0.2) is 0 Å². The normalized spacial score (nSPS) is 16.7. The highest BCUT2D eigenvalue weighted by Gasteiger charge is 2.26. The maximum atomic E-state index is 12.2. The van der Waals surface area contributed by atoms with E-state index in [0.717, 1.165) is 5.56 Å². The lowest BCUT2D eigenvalue weighted by atomic mass is 10.1. The second kappa shape index (κ2) is 7.22. The van der Waals surface area contributed by atoms with Gasteiger partial charge in [-0.1, -0.05) is 37.3 Å². The zero-order valence-electron chi connectivity index (χ0n) is 12.5.